The lowest BCUT2D eigenvalue weighted by Gasteiger charge is -2.18. The molecule has 0 bridgehead atoms. The number of hydrogen-bond acceptors (Lipinski definition) is 3. The average molecular weight is 442 g/mol. The second-order valence-corrected chi connectivity index (χ2v) is 11.9. The third-order valence-electron chi connectivity index (χ3n) is 4.65. The molecule has 0 aliphatic rings. The molecule has 0 aliphatic carbocycles. The van der Waals surface area contributed by atoms with Crippen LogP contribution in [0.4, 0.5) is 0 Å². The van der Waals surface area contributed by atoms with Crippen molar-refractivity contribution < 1.29 is 23.7 Å². The summed E-state index contributed by atoms with van der Waals surface area (Å²) < 4.78 is 29.0. The van der Waals surface area contributed by atoms with Crippen LogP contribution in [0.25, 0.3) is 6.08 Å². The quantitative estimate of drug-likeness (QED) is 0.280. The zero-order valence-corrected chi connectivity index (χ0v) is 20.0. The van der Waals surface area contributed by atoms with Crippen molar-refractivity contribution in [3.8, 4) is 0 Å². The molecule has 0 saturated carbocycles. The molecular formula is C22H36O5P2. The highest BCUT2D eigenvalue weighted by atomic mass is 31.2. The van der Waals surface area contributed by atoms with Crippen LogP contribution in [0, 0.1) is 0 Å². The summed E-state index contributed by atoms with van der Waals surface area (Å²) in [7, 11) is -6.87. The second-order valence-electron chi connectivity index (χ2n) is 7.65. The van der Waals surface area contributed by atoms with Crippen molar-refractivity contribution in [2.24, 2.45) is 0 Å². The lowest BCUT2D eigenvalue weighted by molar-refractivity contribution is 0.193. The summed E-state index contributed by atoms with van der Waals surface area (Å²) in [5.41, 5.74) is 4.93. The number of rotatable bonds is 13. The maximum atomic E-state index is 12.2. The van der Waals surface area contributed by atoms with E-state index >= 15 is 0 Å². The molecule has 0 radical (unpaired) electrons. The van der Waals surface area contributed by atoms with Crippen molar-refractivity contribution in [2.75, 3.05) is 13.0 Å². The maximum absolute atomic E-state index is 12.2. The van der Waals surface area contributed by atoms with E-state index in [-0.39, 0.29) is 12.8 Å². The Morgan fingerprint density at radius 3 is 2.41 bits per heavy atom. The van der Waals surface area contributed by atoms with Crippen LogP contribution < -0.4 is 0 Å². The normalized spacial score (nSPS) is 14.5. The molecule has 0 spiro atoms. The standard InChI is InChI=1S/C22H36O5P2/c1-5-27-17-28(23)22(29(24,25)26)11-7-10-20-12-14-21(15-13-20)16-19(4)9-6-8-18(2)3/h8,12-16,22,28H,5-7,9-11,17H2,1-4H3,(H2,24,25,26). The molecule has 0 fully saturated rings. The van der Waals surface area contributed by atoms with Crippen LogP contribution in [-0.4, -0.2) is 28.1 Å². The zero-order valence-electron chi connectivity index (χ0n) is 18.1. The molecule has 1 aromatic rings. The zero-order chi connectivity index (χ0) is 21.9. The van der Waals surface area contributed by atoms with Crippen LogP contribution in [0.15, 0.2) is 41.5 Å². The highest BCUT2D eigenvalue weighted by Gasteiger charge is 2.33. The molecule has 164 valence electrons. The van der Waals surface area contributed by atoms with Crippen molar-refractivity contribution in [1.29, 1.82) is 0 Å². The number of aryl methyl sites for hydroxylation is 1. The Bertz CT molecular complexity index is 743. The van der Waals surface area contributed by atoms with Crippen LogP contribution in [0.5, 0.6) is 0 Å². The summed E-state index contributed by atoms with van der Waals surface area (Å²) in [6.45, 7) is 8.51. The Balaban J connectivity index is 2.59. The lowest BCUT2D eigenvalue weighted by Crippen LogP contribution is -2.07. The van der Waals surface area contributed by atoms with Crippen molar-refractivity contribution in [2.45, 2.75) is 65.2 Å². The van der Waals surface area contributed by atoms with Crippen LogP contribution in [-0.2, 0) is 20.3 Å². The van der Waals surface area contributed by atoms with Gasteiger partial charge in [-0.05, 0) is 70.9 Å². The molecule has 1 rings (SSSR count). The number of hydrogen-bond donors (Lipinski definition) is 2. The fraction of sp³-hybridized carbons (Fsp3) is 0.545. The Morgan fingerprint density at radius 2 is 1.86 bits per heavy atom. The summed E-state index contributed by atoms with van der Waals surface area (Å²) in [6, 6.07) is 8.23. The predicted octanol–water partition coefficient (Wildman–Crippen LogP) is 6.22. The van der Waals surface area contributed by atoms with E-state index in [1.807, 2.05) is 12.1 Å². The van der Waals surface area contributed by atoms with Crippen molar-refractivity contribution in [1.82, 2.24) is 0 Å². The third kappa shape index (κ3) is 11.1. The molecule has 0 amide bonds. The molecule has 29 heavy (non-hydrogen) atoms. The molecule has 5 nitrogen and oxygen atoms in total. The van der Waals surface area contributed by atoms with Gasteiger partial charge in [0.05, 0.1) is 6.35 Å². The monoisotopic (exact) mass is 442 g/mol. The van der Waals surface area contributed by atoms with E-state index in [1.165, 1.54) is 11.1 Å². The van der Waals surface area contributed by atoms with Gasteiger partial charge in [0.2, 0.25) is 0 Å². The minimum atomic E-state index is -4.39. The molecule has 1 aromatic carbocycles. The predicted molar refractivity (Wildman–Crippen MR) is 123 cm³/mol. The smallest absolute Gasteiger partial charge is 0.335 e. The van der Waals surface area contributed by atoms with E-state index in [4.69, 9.17) is 4.74 Å². The van der Waals surface area contributed by atoms with Crippen molar-refractivity contribution >= 4 is 21.5 Å². The molecule has 2 atom stereocenters. The highest BCUT2D eigenvalue weighted by molar-refractivity contribution is 7.67. The fourth-order valence-corrected chi connectivity index (χ4v) is 6.41. The molecule has 2 unspecified atom stereocenters. The second kappa shape index (κ2) is 13.4. The van der Waals surface area contributed by atoms with Gasteiger partial charge in [-0.15, -0.1) is 0 Å². The topological polar surface area (TPSA) is 83.8 Å². The lowest BCUT2D eigenvalue weighted by atomic mass is 10.0. The van der Waals surface area contributed by atoms with Gasteiger partial charge in [0, 0.05) is 6.61 Å². The number of allylic oxidation sites excluding steroid dienone is 3. The summed E-state index contributed by atoms with van der Waals surface area (Å²) >= 11 is 0. The Labute approximate surface area is 176 Å². The molecule has 0 heterocycles. The fourth-order valence-electron chi connectivity index (χ4n) is 3.04. The molecular weight excluding hydrogens is 406 g/mol. The van der Waals surface area contributed by atoms with Gasteiger partial charge in [0.25, 0.3) is 0 Å². The first-order valence-electron chi connectivity index (χ1n) is 10.2. The summed E-state index contributed by atoms with van der Waals surface area (Å²) in [5, 5.41) is -1.09. The first-order valence-corrected chi connectivity index (χ1v) is 13.6. The summed E-state index contributed by atoms with van der Waals surface area (Å²) in [4.78, 5) is 19.1. The molecule has 0 aromatic heterocycles. The summed E-state index contributed by atoms with van der Waals surface area (Å²) in [6.07, 6.45) is 7.97. The van der Waals surface area contributed by atoms with E-state index < -0.39 is 20.8 Å². The van der Waals surface area contributed by atoms with E-state index in [2.05, 4.69) is 45.1 Å². The van der Waals surface area contributed by atoms with Gasteiger partial charge < -0.3 is 19.1 Å². The van der Waals surface area contributed by atoms with E-state index in [0.717, 1.165) is 24.0 Å². The average Bonchev–Trinajstić information content (AvgIpc) is 2.63. The van der Waals surface area contributed by atoms with Gasteiger partial charge in [-0.25, -0.2) is 0 Å². The van der Waals surface area contributed by atoms with Crippen LogP contribution >= 0.6 is 15.4 Å². The molecule has 0 saturated heterocycles. The molecule has 0 aliphatic heterocycles. The van der Waals surface area contributed by atoms with E-state index in [9.17, 15) is 18.9 Å². The third-order valence-corrected chi connectivity index (χ3v) is 9.12. The maximum Gasteiger partial charge on any atom is 0.335 e. The molecule has 2 N–H and O–H groups in total. The van der Waals surface area contributed by atoms with E-state index in [0.29, 0.717) is 19.4 Å². The minimum Gasteiger partial charge on any atom is -0.374 e. The van der Waals surface area contributed by atoms with Gasteiger partial charge >= 0.3 is 7.60 Å². The van der Waals surface area contributed by atoms with Crippen LogP contribution in [0.1, 0.15) is 64.5 Å². The molecule has 7 heteroatoms. The Kier molecular flexibility index (Phi) is 12.0. The van der Waals surface area contributed by atoms with Crippen molar-refractivity contribution in [3.63, 3.8) is 0 Å². The van der Waals surface area contributed by atoms with Crippen LogP contribution in [0.2, 0.25) is 0 Å². The summed E-state index contributed by atoms with van der Waals surface area (Å²) in [5.74, 6) is 0. The number of ether oxygens (including phenoxy) is 1. The first-order chi connectivity index (χ1) is 13.6. The Morgan fingerprint density at radius 1 is 1.21 bits per heavy atom. The SMILES string of the molecule is CCOC[PH](=O)C(CCCc1ccc(C=C(C)CCC=C(C)C)cc1)P(=O)(O)O. The van der Waals surface area contributed by atoms with Gasteiger partial charge in [-0.1, -0.05) is 47.6 Å². The highest BCUT2D eigenvalue weighted by Crippen LogP contribution is 2.55. The largest absolute Gasteiger partial charge is 0.374 e. The van der Waals surface area contributed by atoms with Crippen molar-refractivity contribution in [3.05, 3.63) is 52.6 Å². The van der Waals surface area contributed by atoms with Gasteiger partial charge in [0.1, 0.15) is 13.2 Å². The van der Waals surface area contributed by atoms with E-state index in [1.54, 1.807) is 6.92 Å². The van der Waals surface area contributed by atoms with Gasteiger partial charge in [-0.2, -0.15) is 0 Å². The van der Waals surface area contributed by atoms with Gasteiger partial charge in [-0.3, -0.25) is 4.57 Å². The minimum absolute atomic E-state index is 0.0645. The number of benzene rings is 1. The first kappa shape index (κ1) is 26.1. The van der Waals surface area contributed by atoms with Gasteiger partial charge in [0.15, 0.2) is 0 Å². The Hall–Kier alpha value is -0.960. The van der Waals surface area contributed by atoms with Crippen LogP contribution in [0.3, 0.4) is 0 Å².